The molecule has 0 heterocycles. The number of rotatable bonds is 7. The van der Waals surface area contributed by atoms with E-state index in [9.17, 15) is 14.4 Å². The standard InChI is InChI=1S/C22H23NO4/c1-14-7-9-17(10-8-14)21(25)18-5-3-4-6-19(18)22(26)27-13-20(24)23-15(2)16-11-12-16/h3-10,15-16H,11-13H2,1-2H3,(H,23,24)/t15-/m0/s1. The van der Waals surface area contributed by atoms with E-state index < -0.39 is 5.97 Å². The lowest BCUT2D eigenvalue weighted by Gasteiger charge is -2.13. The van der Waals surface area contributed by atoms with E-state index >= 15 is 0 Å². The molecule has 3 rings (SSSR count). The number of ether oxygens (including phenoxy) is 1. The molecule has 0 bridgehead atoms. The number of ketones is 1. The van der Waals surface area contributed by atoms with Crippen molar-refractivity contribution in [2.24, 2.45) is 5.92 Å². The van der Waals surface area contributed by atoms with Gasteiger partial charge in [0.05, 0.1) is 5.56 Å². The highest BCUT2D eigenvalue weighted by Crippen LogP contribution is 2.32. The monoisotopic (exact) mass is 365 g/mol. The Hall–Kier alpha value is -2.95. The van der Waals surface area contributed by atoms with Crippen LogP contribution in [0.1, 0.15) is 51.6 Å². The zero-order chi connectivity index (χ0) is 19.4. The Labute approximate surface area is 158 Å². The summed E-state index contributed by atoms with van der Waals surface area (Å²) in [6.45, 7) is 3.53. The van der Waals surface area contributed by atoms with Gasteiger partial charge >= 0.3 is 5.97 Å². The Bertz CT molecular complexity index is 853. The van der Waals surface area contributed by atoms with Gasteiger partial charge in [-0.1, -0.05) is 48.0 Å². The summed E-state index contributed by atoms with van der Waals surface area (Å²) in [5, 5.41) is 2.83. The summed E-state index contributed by atoms with van der Waals surface area (Å²) >= 11 is 0. The highest BCUT2D eigenvalue weighted by molar-refractivity contribution is 6.14. The van der Waals surface area contributed by atoms with Crippen LogP contribution in [0.4, 0.5) is 0 Å². The van der Waals surface area contributed by atoms with Crippen molar-refractivity contribution in [1.82, 2.24) is 5.32 Å². The van der Waals surface area contributed by atoms with Crippen LogP contribution in [0.15, 0.2) is 48.5 Å². The second-order valence-corrected chi connectivity index (χ2v) is 7.01. The minimum absolute atomic E-state index is 0.0894. The van der Waals surface area contributed by atoms with Crippen molar-refractivity contribution in [3.8, 4) is 0 Å². The lowest BCUT2D eigenvalue weighted by Crippen LogP contribution is -2.37. The lowest BCUT2D eigenvalue weighted by atomic mass is 9.98. The highest BCUT2D eigenvalue weighted by Gasteiger charge is 2.29. The maximum absolute atomic E-state index is 12.8. The first kappa shape index (κ1) is 18.8. The number of amides is 1. The van der Waals surface area contributed by atoms with E-state index in [1.165, 1.54) is 6.07 Å². The zero-order valence-corrected chi connectivity index (χ0v) is 15.5. The van der Waals surface area contributed by atoms with Crippen LogP contribution in [0.3, 0.4) is 0 Å². The lowest BCUT2D eigenvalue weighted by molar-refractivity contribution is -0.124. The second-order valence-electron chi connectivity index (χ2n) is 7.01. The molecule has 2 aromatic rings. The predicted octanol–water partition coefficient (Wildman–Crippen LogP) is 3.30. The molecule has 5 heteroatoms. The third-order valence-corrected chi connectivity index (χ3v) is 4.76. The van der Waals surface area contributed by atoms with Gasteiger partial charge in [0.25, 0.3) is 5.91 Å². The number of aryl methyl sites for hydroxylation is 1. The third-order valence-electron chi connectivity index (χ3n) is 4.76. The maximum atomic E-state index is 12.8. The normalized spacial score (nSPS) is 14.3. The van der Waals surface area contributed by atoms with Crippen LogP contribution < -0.4 is 5.32 Å². The first-order valence-electron chi connectivity index (χ1n) is 9.12. The minimum atomic E-state index is -0.680. The van der Waals surface area contributed by atoms with Crippen molar-refractivity contribution in [3.63, 3.8) is 0 Å². The molecule has 0 unspecified atom stereocenters. The van der Waals surface area contributed by atoms with E-state index in [1.54, 1.807) is 30.3 Å². The summed E-state index contributed by atoms with van der Waals surface area (Å²) in [6.07, 6.45) is 2.24. The van der Waals surface area contributed by atoms with Crippen LogP contribution in [0.25, 0.3) is 0 Å². The molecule has 140 valence electrons. The van der Waals surface area contributed by atoms with Crippen LogP contribution in [0.2, 0.25) is 0 Å². The number of carbonyl (C=O) groups is 3. The molecule has 0 radical (unpaired) electrons. The fraction of sp³-hybridized carbons (Fsp3) is 0.318. The first-order valence-corrected chi connectivity index (χ1v) is 9.12. The van der Waals surface area contributed by atoms with Gasteiger partial charge < -0.3 is 10.1 Å². The average Bonchev–Trinajstić information content (AvgIpc) is 3.51. The third kappa shape index (κ3) is 4.82. The SMILES string of the molecule is Cc1ccc(C(=O)c2ccccc2C(=O)OCC(=O)N[C@@H](C)C2CC2)cc1. The molecule has 1 N–H and O–H groups in total. The van der Waals surface area contributed by atoms with Crippen LogP contribution in [0, 0.1) is 12.8 Å². The van der Waals surface area contributed by atoms with Gasteiger partial charge in [0.15, 0.2) is 12.4 Å². The van der Waals surface area contributed by atoms with E-state index in [2.05, 4.69) is 5.32 Å². The summed E-state index contributed by atoms with van der Waals surface area (Å²) in [4.78, 5) is 37.1. The van der Waals surface area contributed by atoms with Gasteiger partial charge in [-0.2, -0.15) is 0 Å². The molecule has 2 aromatic carbocycles. The van der Waals surface area contributed by atoms with Gasteiger partial charge in [-0.3, -0.25) is 9.59 Å². The van der Waals surface area contributed by atoms with Crippen LogP contribution in [-0.2, 0) is 9.53 Å². The molecule has 0 aromatic heterocycles. The summed E-state index contributed by atoms with van der Waals surface area (Å²) in [7, 11) is 0. The summed E-state index contributed by atoms with van der Waals surface area (Å²) in [5.74, 6) is -0.739. The Balaban J connectivity index is 1.67. The van der Waals surface area contributed by atoms with Gasteiger partial charge in [0.2, 0.25) is 0 Å². The fourth-order valence-electron chi connectivity index (χ4n) is 2.94. The van der Waals surface area contributed by atoms with E-state index in [-0.39, 0.29) is 35.5 Å². The molecular formula is C22H23NO4. The van der Waals surface area contributed by atoms with E-state index in [0.29, 0.717) is 11.5 Å². The summed E-state index contributed by atoms with van der Waals surface area (Å²) in [6, 6.07) is 13.7. The molecule has 1 amide bonds. The molecule has 1 aliphatic carbocycles. The number of carbonyl (C=O) groups excluding carboxylic acids is 3. The Morgan fingerprint density at radius 2 is 1.67 bits per heavy atom. The molecule has 1 saturated carbocycles. The number of hydrogen-bond donors (Lipinski definition) is 1. The van der Waals surface area contributed by atoms with Gasteiger partial charge in [-0.15, -0.1) is 0 Å². The van der Waals surface area contributed by atoms with Crippen LogP contribution >= 0.6 is 0 Å². The molecule has 0 spiro atoms. The smallest absolute Gasteiger partial charge is 0.339 e. The van der Waals surface area contributed by atoms with Crippen molar-refractivity contribution in [2.45, 2.75) is 32.7 Å². The Morgan fingerprint density at radius 3 is 2.30 bits per heavy atom. The molecule has 1 fully saturated rings. The van der Waals surface area contributed by atoms with Crippen LogP contribution in [-0.4, -0.2) is 30.3 Å². The molecule has 0 saturated heterocycles. The molecule has 0 aliphatic heterocycles. The number of hydrogen-bond acceptors (Lipinski definition) is 4. The van der Waals surface area contributed by atoms with Gasteiger partial charge in [-0.05, 0) is 38.7 Å². The predicted molar refractivity (Wildman–Crippen MR) is 102 cm³/mol. The first-order chi connectivity index (χ1) is 13.0. The second kappa shape index (κ2) is 8.16. The minimum Gasteiger partial charge on any atom is -0.452 e. The van der Waals surface area contributed by atoms with Crippen molar-refractivity contribution >= 4 is 17.7 Å². The Morgan fingerprint density at radius 1 is 1.04 bits per heavy atom. The van der Waals surface area contributed by atoms with Crippen molar-refractivity contribution < 1.29 is 19.1 Å². The summed E-state index contributed by atoms with van der Waals surface area (Å²) < 4.78 is 5.13. The molecule has 27 heavy (non-hydrogen) atoms. The number of esters is 1. The van der Waals surface area contributed by atoms with E-state index in [4.69, 9.17) is 4.74 Å². The van der Waals surface area contributed by atoms with Crippen molar-refractivity contribution in [3.05, 3.63) is 70.8 Å². The molecule has 1 atom stereocenters. The summed E-state index contributed by atoms with van der Waals surface area (Å²) in [5.41, 5.74) is 1.96. The van der Waals surface area contributed by atoms with Crippen LogP contribution in [0.5, 0.6) is 0 Å². The van der Waals surface area contributed by atoms with E-state index in [1.807, 2.05) is 26.0 Å². The molecular weight excluding hydrogens is 342 g/mol. The topological polar surface area (TPSA) is 72.5 Å². The number of benzene rings is 2. The fourth-order valence-corrected chi connectivity index (χ4v) is 2.94. The zero-order valence-electron chi connectivity index (χ0n) is 15.5. The average molecular weight is 365 g/mol. The molecule has 1 aliphatic rings. The quantitative estimate of drug-likeness (QED) is 0.604. The largest absolute Gasteiger partial charge is 0.452 e. The van der Waals surface area contributed by atoms with Crippen molar-refractivity contribution in [1.29, 1.82) is 0 Å². The van der Waals surface area contributed by atoms with Gasteiger partial charge in [-0.25, -0.2) is 4.79 Å². The maximum Gasteiger partial charge on any atom is 0.339 e. The Kier molecular flexibility index (Phi) is 5.69. The van der Waals surface area contributed by atoms with E-state index in [0.717, 1.165) is 18.4 Å². The van der Waals surface area contributed by atoms with Gasteiger partial charge in [0.1, 0.15) is 0 Å². The van der Waals surface area contributed by atoms with Gasteiger partial charge in [0, 0.05) is 17.2 Å². The number of nitrogens with one attached hydrogen (secondary N) is 1. The highest BCUT2D eigenvalue weighted by atomic mass is 16.5. The van der Waals surface area contributed by atoms with Crippen molar-refractivity contribution in [2.75, 3.05) is 6.61 Å². The molecule has 5 nitrogen and oxygen atoms in total.